The van der Waals surface area contributed by atoms with Crippen LogP contribution in [0.4, 0.5) is 0 Å². The van der Waals surface area contributed by atoms with Gasteiger partial charge in [-0.3, -0.25) is 0 Å². The van der Waals surface area contributed by atoms with Crippen LogP contribution in [0.1, 0.15) is 19.3 Å². The number of nitrogens with zero attached hydrogens (tertiary/aromatic N) is 3. The number of alkyl halides is 1. The molecule has 114 valence electrons. The van der Waals surface area contributed by atoms with Gasteiger partial charge in [-0.15, -0.1) is 14.2 Å². The van der Waals surface area contributed by atoms with Gasteiger partial charge in [0.05, 0.1) is 0 Å². The maximum absolute atomic E-state index is 4.24. The third kappa shape index (κ3) is 17.7. The molecule has 1 aliphatic carbocycles. The first-order valence-corrected chi connectivity index (χ1v) is 9.23. The van der Waals surface area contributed by atoms with Crippen LogP contribution in [0.2, 0.25) is 0 Å². The quantitative estimate of drug-likeness (QED) is 0.195. The zero-order valence-electron chi connectivity index (χ0n) is 13.6. The van der Waals surface area contributed by atoms with E-state index >= 15 is 0 Å². The van der Waals surface area contributed by atoms with Crippen LogP contribution in [0.3, 0.4) is 0 Å². The van der Waals surface area contributed by atoms with Gasteiger partial charge in [0.15, 0.2) is 0 Å². The molecule has 1 aliphatic rings. The fourth-order valence-electron chi connectivity index (χ4n) is 1.72. The van der Waals surface area contributed by atoms with E-state index in [0.29, 0.717) is 0 Å². The summed E-state index contributed by atoms with van der Waals surface area (Å²) in [5, 5.41) is 11.2. The van der Waals surface area contributed by atoms with Crippen LogP contribution in [0.5, 0.6) is 0 Å². The Labute approximate surface area is 152 Å². The Hall–Kier alpha value is 1.75. The summed E-state index contributed by atoms with van der Waals surface area (Å²) in [6.45, 7) is 2.41. The molecule has 0 aromatic heterocycles. The topological polar surface area (TPSA) is 42.3 Å². The molecule has 0 spiro atoms. The molecule has 0 heterocycles. The summed E-state index contributed by atoms with van der Waals surface area (Å²) in [6.07, 6.45) is 5.49. The molecule has 1 fully saturated rings. The normalized spacial score (nSPS) is 21.6. The van der Waals surface area contributed by atoms with Crippen molar-refractivity contribution in [2.24, 2.45) is 0 Å². The first-order chi connectivity index (χ1) is 8.08. The molecule has 1 rings (SSSR count). The van der Waals surface area contributed by atoms with Crippen LogP contribution in [0.15, 0.2) is 0 Å². The molecule has 0 saturated heterocycles. The molecule has 0 amide bonds. The van der Waals surface area contributed by atoms with Crippen molar-refractivity contribution in [3.05, 3.63) is 23.4 Å². The van der Waals surface area contributed by atoms with E-state index in [2.05, 4.69) is 45.2 Å². The van der Waals surface area contributed by atoms with Gasteiger partial charge < -0.3 is 23.4 Å². The van der Waals surface area contributed by atoms with Crippen LogP contribution in [-0.2, 0) is 21.7 Å². The average Bonchev–Trinajstić information content (AvgIpc) is 2.67. The average molecular weight is 435 g/mol. The van der Waals surface area contributed by atoms with E-state index in [1.165, 1.54) is 19.3 Å². The Kier molecular flexibility index (Phi) is 33.5. The molecule has 3 atom stereocenters. The van der Waals surface area contributed by atoms with Gasteiger partial charge in [0.2, 0.25) is 0 Å². The zero-order valence-corrected chi connectivity index (χ0v) is 18.3. The van der Waals surface area contributed by atoms with Crippen LogP contribution in [0, 0.1) is 7.43 Å². The van der Waals surface area contributed by atoms with Gasteiger partial charge in [-0.25, -0.2) is 0 Å². The minimum Gasteiger partial charge on any atom is -0.668 e. The van der Waals surface area contributed by atoms with E-state index < -0.39 is 0 Å². The second-order valence-electron chi connectivity index (χ2n) is 4.12. The van der Waals surface area contributed by atoms with Crippen molar-refractivity contribution < 1.29 is 21.7 Å². The molecular formula is C13H31IN3PTi. The summed E-state index contributed by atoms with van der Waals surface area (Å²) in [6, 6.07) is 0. The van der Waals surface area contributed by atoms with Gasteiger partial charge in [-0.05, 0) is 25.2 Å². The van der Waals surface area contributed by atoms with Gasteiger partial charge in [-0.2, -0.15) is 35.2 Å². The van der Waals surface area contributed by atoms with Crippen molar-refractivity contribution in [1.29, 1.82) is 0 Å². The number of hydrogen-bond donors (Lipinski definition) is 0. The summed E-state index contributed by atoms with van der Waals surface area (Å²) in [4.78, 5) is 0. The first-order valence-electron chi connectivity index (χ1n) is 5.94. The van der Waals surface area contributed by atoms with E-state index in [4.69, 9.17) is 0 Å². The van der Waals surface area contributed by atoms with Gasteiger partial charge >= 0.3 is 21.7 Å². The van der Waals surface area contributed by atoms with Crippen molar-refractivity contribution >= 4 is 30.5 Å². The number of hydrogen-bond acceptors (Lipinski definition) is 0. The van der Waals surface area contributed by atoms with Crippen LogP contribution in [0.25, 0.3) is 16.0 Å². The molecule has 0 aromatic rings. The molecule has 6 heteroatoms. The number of halogens is 1. The molecule has 3 nitrogen and oxygen atoms in total. The standard InChI is InChI=1S/C8H16INP.2C2H6N.CH3.Ti/c1-10-6-11(2)8-5-3-4-7(8)9;2*1-3-2;;/h7-8H,3-6H2,1-2H3;2*1-2H3;1H3;/q4*-1;+4. The van der Waals surface area contributed by atoms with Crippen molar-refractivity contribution in [3.8, 4) is 0 Å². The summed E-state index contributed by atoms with van der Waals surface area (Å²) in [7, 11) is 9.15. The predicted octanol–water partition coefficient (Wildman–Crippen LogP) is 5.10. The molecule has 19 heavy (non-hydrogen) atoms. The Bertz CT molecular complexity index is 154. The molecule has 1 saturated carbocycles. The Morgan fingerprint density at radius 1 is 1.05 bits per heavy atom. The van der Waals surface area contributed by atoms with Crippen LogP contribution < -0.4 is 0 Å². The number of rotatable bonds is 3. The van der Waals surface area contributed by atoms with E-state index in [-0.39, 0.29) is 37.1 Å². The molecule has 0 N–H and O–H groups in total. The Morgan fingerprint density at radius 2 is 1.47 bits per heavy atom. The largest absolute Gasteiger partial charge is 4.00 e. The summed E-state index contributed by atoms with van der Waals surface area (Å²) in [5.41, 5.74) is 1.01. The van der Waals surface area contributed by atoms with E-state index in [9.17, 15) is 0 Å². The minimum atomic E-state index is 0. The van der Waals surface area contributed by atoms with Crippen molar-refractivity contribution in [1.82, 2.24) is 0 Å². The zero-order chi connectivity index (χ0) is 13.7. The van der Waals surface area contributed by atoms with Crippen LogP contribution in [-0.4, -0.2) is 57.8 Å². The predicted molar refractivity (Wildman–Crippen MR) is 99.3 cm³/mol. The van der Waals surface area contributed by atoms with Crippen molar-refractivity contribution in [2.45, 2.75) is 28.8 Å². The SMILES string of the molecule is C[N-]C.C[N-]C.C[N-]CP(C)C1CCCC1I.[CH3-].[Ti+4]. The van der Waals surface area contributed by atoms with Crippen LogP contribution >= 0.6 is 30.5 Å². The maximum Gasteiger partial charge on any atom is 4.00 e. The summed E-state index contributed by atoms with van der Waals surface area (Å²) >= 11 is 2.62. The monoisotopic (exact) mass is 435 g/mol. The Morgan fingerprint density at radius 3 is 1.74 bits per heavy atom. The molecular weight excluding hydrogens is 404 g/mol. The molecule has 0 aromatic carbocycles. The second-order valence-corrected chi connectivity index (χ2v) is 8.18. The summed E-state index contributed by atoms with van der Waals surface area (Å²) in [5.74, 6) is 0. The van der Waals surface area contributed by atoms with Crippen molar-refractivity contribution in [3.63, 3.8) is 0 Å². The molecule has 0 radical (unpaired) electrons. The smallest absolute Gasteiger partial charge is 0.668 e. The third-order valence-corrected chi connectivity index (χ3v) is 6.87. The first kappa shape index (κ1) is 28.9. The summed E-state index contributed by atoms with van der Waals surface area (Å²) < 4.78 is 0.950. The van der Waals surface area contributed by atoms with E-state index in [1.807, 2.05) is 7.05 Å². The maximum atomic E-state index is 4.24. The van der Waals surface area contributed by atoms with Crippen molar-refractivity contribution in [2.75, 3.05) is 48.2 Å². The van der Waals surface area contributed by atoms with E-state index in [0.717, 1.165) is 15.9 Å². The van der Waals surface area contributed by atoms with E-state index in [1.54, 1.807) is 28.2 Å². The molecule has 3 unspecified atom stereocenters. The van der Waals surface area contributed by atoms with Gasteiger partial charge in [0, 0.05) is 3.92 Å². The second kappa shape index (κ2) is 22.0. The van der Waals surface area contributed by atoms with Gasteiger partial charge in [0.1, 0.15) is 0 Å². The molecule has 0 aliphatic heterocycles. The fraction of sp³-hybridized carbons (Fsp3) is 0.923. The Balaban J connectivity index is -0.000000122. The fourth-order valence-corrected chi connectivity index (χ4v) is 6.15. The molecule has 0 bridgehead atoms. The van der Waals surface area contributed by atoms with Gasteiger partial charge in [0.25, 0.3) is 0 Å². The van der Waals surface area contributed by atoms with Gasteiger partial charge in [-0.1, -0.05) is 29.0 Å². The minimum absolute atomic E-state index is 0. The third-order valence-electron chi connectivity index (χ3n) is 2.33.